The van der Waals surface area contributed by atoms with Crippen molar-refractivity contribution < 1.29 is 13.3 Å². The van der Waals surface area contributed by atoms with Gasteiger partial charge in [0.2, 0.25) is 0 Å². The molecule has 0 spiro atoms. The van der Waals surface area contributed by atoms with E-state index in [0.29, 0.717) is 12.5 Å². The monoisotopic (exact) mass is 300 g/mol. The van der Waals surface area contributed by atoms with Crippen molar-refractivity contribution in [3.05, 3.63) is 28.3 Å². The first-order valence-corrected chi connectivity index (χ1v) is 8.41. The topological polar surface area (TPSA) is 89.3 Å². The molecule has 1 aromatic carbocycles. The summed E-state index contributed by atoms with van der Waals surface area (Å²) >= 11 is 0. The summed E-state index contributed by atoms with van der Waals surface area (Å²) in [6.07, 6.45) is 2.89. The minimum absolute atomic E-state index is 0.253. The molecule has 0 unspecified atom stereocenters. The highest BCUT2D eigenvalue weighted by Crippen LogP contribution is 2.32. The molecular formula is C13H20N2O4S. The van der Waals surface area contributed by atoms with Crippen molar-refractivity contribution in [3.63, 3.8) is 0 Å². The van der Waals surface area contributed by atoms with Crippen molar-refractivity contribution in [1.82, 2.24) is 0 Å². The summed E-state index contributed by atoms with van der Waals surface area (Å²) in [6, 6.07) is 4.31. The Morgan fingerprint density at radius 1 is 1.30 bits per heavy atom. The molecule has 0 aromatic heterocycles. The number of nitrogens with zero attached hydrogens (tertiary/aromatic N) is 1. The highest BCUT2D eigenvalue weighted by atomic mass is 32.2. The molecule has 0 fully saturated rings. The summed E-state index contributed by atoms with van der Waals surface area (Å²) in [7, 11) is -3.63. The van der Waals surface area contributed by atoms with Crippen LogP contribution in [0, 0.1) is 16.0 Å². The molecule has 0 radical (unpaired) electrons. The van der Waals surface area contributed by atoms with Gasteiger partial charge in [0.05, 0.1) is 4.92 Å². The van der Waals surface area contributed by atoms with E-state index in [-0.39, 0.29) is 16.3 Å². The SMILES string of the molecule is CCC(CC)CNc1cccc(S(C)(=O)=O)c1[N+](=O)[O-]. The van der Waals surface area contributed by atoms with Crippen LogP contribution in [0.25, 0.3) is 0 Å². The van der Waals surface area contributed by atoms with Crippen molar-refractivity contribution >= 4 is 21.2 Å². The van der Waals surface area contributed by atoms with Crippen LogP contribution < -0.4 is 5.32 Å². The number of rotatable bonds is 7. The second kappa shape index (κ2) is 6.69. The van der Waals surface area contributed by atoms with Crippen LogP contribution in [0.15, 0.2) is 23.1 Å². The van der Waals surface area contributed by atoms with Crippen molar-refractivity contribution in [3.8, 4) is 0 Å². The zero-order valence-electron chi connectivity index (χ0n) is 11.9. The van der Waals surface area contributed by atoms with E-state index in [2.05, 4.69) is 19.2 Å². The zero-order chi connectivity index (χ0) is 15.3. The number of hydrogen-bond acceptors (Lipinski definition) is 5. The van der Waals surface area contributed by atoms with Crippen LogP contribution in [-0.2, 0) is 9.84 Å². The second-order valence-electron chi connectivity index (χ2n) is 4.75. The van der Waals surface area contributed by atoms with E-state index in [4.69, 9.17) is 0 Å². The summed E-state index contributed by atoms with van der Waals surface area (Å²) in [5, 5.41) is 14.2. The van der Waals surface area contributed by atoms with Gasteiger partial charge in [-0.3, -0.25) is 10.1 Å². The Labute approximate surface area is 119 Å². The number of benzene rings is 1. The Bertz CT molecular complexity index is 580. The molecule has 0 amide bonds. The highest BCUT2D eigenvalue weighted by molar-refractivity contribution is 7.90. The fourth-order valence-corrected chi connectivity index (χ4v) is 2.85. The molecule has 7 heteroatoms. The molecule has 1 rings (SSSR count). The maximum absolute atomic E-state index is 11.6. The third kappa shape index (κ3) is 3.93. The van der Waals surface area contributed by atoms with Crippen molar-refractivity contribution in [2.75, 3.05) is 18.1 Å². The maximum Gasteiger partial charge on any atom is 0.310 e. The first-order valence-electron chi connectivity index (χ1n) is 6.52. The lowest BCUT2D eigenvalue weighted by molar-refractivity contribution is -0.386. The molecular weight excluding hydrogens is 280 g/mol. The van der Waals surface area contributed by atoms with Crippen LogP contribution in [0.1, 0.15) is 26.7 Å². The predicted octanol–water partition coefficient (Wildman–Crippen LogP) is 2.85. The average Bonchev–Trinajstić information content (AvgIpc) is 2.38. The molecule has 1 aromatic rings. The number of nitro benzene ring substituents is 1. The molecule has 0 aliphatic rings. The lowest BCUT2D eigenvalue weighted by atomic mass is 10.0. The third-order valence-corrected chi connectivity index (χ3v) is 4.45. The van der Waals surface area contributed by atoms with E-state index in [1.807, 2.05) is 0 Å². The van der Waals surface area contributed by atoms with E-state index in [9.17, 15) is 18.5 Å². The Morgan fingerprint density at radius 2 is 1.90 bits per heavy atom. The molecule has 0 saturated carbocycles. The van der Waals surface area contributed by atoms with Gasteiger partial charge >= 0.3 is 5.69 Å². The largest absolute Gasteiger partial charge is 0.379 e. The van der Waals surface area contributed by atoms with Gasteiger partial charge in [0.15, 0.2) is 9.84 Å². The molecule has 0 saturated heterocycles. The third-order valence-electron chi connectivity index (χ3n) is 3.32. The lowest BCUT2D eigenvalue weighted by Crippen LogP contribution is -2.14. The fraction of sp³-hybridized carbons (Fsp3) is 0.538. The number of hydrogen-bond donors (Lipinski definition) is 1. The Morgan fingerprint density at radius 3 is 2.35 bits per heavy atom. The quantitative estimate of drug-likeness (QED) is 0.617. The van der Waals surface area contributed by atoms with Gasteiger partial charge in [0, 0.05) is 12.8 Å². The highest BCUT2D eigenvalue weighted by Gasteiger charge is 2.26. The smallest absolute Gasteiger partial charge is 0.310 e. The van der Waals surface area contributed by atoms with Gasteiger partial charge in [-0.2, -0.15) is 0 Å². The summed E-state index contributed by atoms with van der Waals surface area (Å²) in [5.74, 6) is 0.400. The number of anilines is 1. The second-order valence-corrected chi connectivity index (χ2v) is 6.73. The maximum atomic E-state index is 11.6. The minimum Gasteiger partial charge on any atom is -0.379 e. The van der Waals surface area contributed by atoms with E-state index < -0.39 is 14.8 Å². The lowest BCUT2D eigenvalue weighted by Gasteiger charge is -2.15. The summed E-state index contributed by atoms with van der Waals surface area (Å²) < 4.78 is 23.3. The van der Waals surface area contributed by atoms with Crippen LogP contribution in [0.5, 0.6) is 0 Å². The van der Waals surface area contributed by atoms with Crippen LogP contribution in [-0.4, -0.2) is 26.1 Å². The van der Waals surface area contributed by atoms with Crippen LogP contribution in [0.2, 0.25) is 0 Å². The normalized spacial score (nSPS) is 11.6. The average molecular weight is 300 g/mol. The summed E-state index contributed by atoms with van der Waals surface area (Å²) in [5.41, 5.74) is -0.120. The van der Waals surface area contributed by atoms with E-state index in [0.717, 1.165) is 19.1 Å². The molecule has 20 heavy (non-hydrogen) atoms. The summed E-state index contributed by atoms with van der Waals surface area (Å²) in [4.78, 5) is 10.3. The van der Waals surface area contributed by atoms with Gasteiger partial charge in [-0.15, -0.1) is 0 Å². The fourth-order valence-electron chi connectivity index (χ4n) is 1.98. The molecule has 112 valence electrons. The van der Waals surface area contributed by atoms with E-state index in [1.165, 1.54) is 18.2 Å². The van der Waals surface area contributed by atoms with Gasteiger partial charge < -0.3 is 5.32 Å². The summed E-state index contributed by atoms with van der Waals surface area (Å²) in [6.45, 7) is 4.69. The van der Waals surface area contributed by atoms with Gasteiger partial charge in [0.1, 0.15) is 10.6 Å². The predicted molar refractivity (Wildman–Crippen MR) is 78.8 cm³/mol. The molecule has 1 N–H and O–H groups in total. The zero-order valence-corrected chi connectivity index (χ0v) is 12.7. The van der Waals surface area contributed by atoms with Crippen molar-refractivity contribution in [2.24, 2.45) is 5.92 Å². The van der Waals surface area contributed by atoms with Crippen molar-refractivity contribution in [2.45, 2.75) is 31.6 Å². The number of nitro groups is 1. The molecule has 0 heterocycles. The van der Waals surface area contributed by atoms with Crippen LogP contribution >= 0.6 is 0 Å². The Kier molecular flexibility index (Phi) is 5.50. The molecule has 0 bridgehead atoms. The molecule has 6 nitrogen and oxygen atoms in total. The number of sulfone groups is 1. The van der Waals surface area contributed by atoms with Gasteiger partial charge in [-0.25, -0.2) is 8.42 Å². The standard InChI is InChI=1S/C13H20N2O4S/c1-4-10(5-2)9-14-11-7-6-8-12(20(3,18)19)13(11)15(16)17/h6-8,10,14H,4-5,9H2,1-3H3. The van der Waals surface area contributed by atoms with E-state index >= 15 is 0 Å². The number of para-hydroxylation sites is 1. The van der Waals surface area contributed by atoms with Gasteiger partial charge in [-0.1, -0.05) is 32.8 Å². The first-order chi connectivity index (χ1) is 9.31. The molecule has 0 aliphatic heterocycles. The molecule has 0 atom stereocenters. The molecule has 0 aliphatic carbocycles. The first kappa shape index (κ1) is 16.4. The van der Waals surface area contributed by atoms with Crippen LogP contribution in [0.3, 0.4) is 0 Å². The number of nitrogens with one attached hydrogen (secondary N) is 1. The minimum atomic E-state index is -3.63. The van der Waals surface area contributed by atoms with Crippen LogP contribution in [0.4, 0.5) is 11.4 Å². The Balaban J connectivity index is 3.17. The van der Waals surface area contributed by atoms with Gasteiger partial charge in [0.25, 0.3) is 0 Å². The van der Waals surface area contributed by atoms with E-state index in [1.54, 1.807) is 0 Å². The Hall–Kier alpha value is -1.63. The van der Waals surface area contributed by atoms with Gasteiger partial charge in [-0.05, 0) is 18.1 Å². The van der Waals surface area contributed by atoms with Crippen molar-refractivity contribution in [1.29, 1.82) is 0 Å².